The predicted octanol–water partition coefficient (Wildman–Crippen LogP) is 4.71. The molecular weight excluding hydrogens is 298 g/mol. The minimum atomic E-state index is 0.0437. The standard InChI is InChI=1S/C21H29NO2/c1-20-10-7-17-16-6-4-15(22-23)13-14(16)3-5-18(17)19(20)8-11-21(20)9-2-12-24-21/h2,9,13,16-19,23H,3-8,10-12H2,1H3/b22-15+/t16-,17?,18?,19?,20-,21-/m0/s1. The molecule has 1 N–H and O–H groups in total. The maximum atomic E-state index is 9.11. The lowest BCUT2D eigenvalue weighted by Gasteiger charge is -2.55. The maximum absolute atomic E-state index is 9.11. The molecule has 0 amide bonds. The quantitative estimate of drug-likeness (QED) is 0.397. The lowest BCUT2D eigenvalue weighted by molar-refractivity contribution is -0.110. The van der Waals surface area contributed by atoms with Crippen molar-refractivity contribution in [3.63, 3.8) is 0 Å². The Morgan fingerprint density at radius 3 is 2.83 bits per heavy atom. The van der Waals surface area contributed by atoms with Gasteiger partial charge in [0.1, 0.15) is 0 Å². The van der Waals surface area contributed by atoms with Gasteiger partial charge in [-0.3, -0.25) is 0 Å². The van der Waals surface area contributed by atoms with E-state index in [0.29, 0.717) is 5.41 Å². The van der Waals surface area contributed by atoms with Gasteiger partial charge in [-0.05, 0) is 81.1 Å². The average molecular weight is 327 g/mol. The summed E-state index contributed by atoms with van der Waals surface area (Å²) in [6, 6.07) is 0. The van der Waals surface area contributed by atoms with Gasteiger partial charge in [0, 0.05) is 5.41 Å². The summed E-state index contributed by atoms with van der Waals surface area (Å²) in [5, 5.41) is 12.6. The van der Waals surface area contributed by atoms with E-state index in [4.69, 9.17) is 9.94 Å². The molecule has 0 aromatic heterocycles. The summed E-state index contributed by atoms with van der Waals surface area (Å²) in [6.45, 7) is 3.34. The lowest BCUT2D eigenvalue weighted by Crippen LogP contribution is -2.52. The monoisotopic (exact) mass is 327 g/mol. The van der Waals surface area contributed by atoms with Crippen LogP contribution in [0.5, 0.6) is 0 Å². The van der Waals surface area contributed by atoms with Crippen LogP contribution in [0.4, 0.5) is 0 Å². The molecule has 24 heavy (non-hydrogen) atoms. The number of nitrogens with zero attached hydrogens (tertiary/aromatic N) is 1. The van der Waals surface area contributed by atoms with Crippen LogP contribution in [0.15, 0.2) is 29.0 Å². The van der Waals surface area contributed by atoms with Gasteiger partial charge < -0.3 is 9.94 Å². The van der Waals surface area contributed by atoms with Gasteiger partial charge in [0.05, 0.1) is 17.9 Å². The third kappa shape index (κ3) is 1.85. The molecule has 3 heteroatoms. The summed E-state index contributed by atoms with van der Waals surface area (Å²) in [5.74, 6) is 3.29. The van der Waals surface area contributed by atoms with Crippen LogP contribution in [0, 0.1) is 29.1 Å². The number of allylic oxidation sites excluding steroid dienone is 2. The molecule has 0 bridgehead atoms. The fourth-order valence-corrected chi connectivity index (χ4v) is 7.30. The number of hydrogen-bond acceptors (Lipinski definition) is 3. The van der Waals surface area contributed by atoms with Gasteiger partial charge in [-0.15, -0.1) is 0 Å². The third-order valence-electron chi connectivity index (χ3n) is 8.45. The van der Waals surface area contributed by atoms with E-state index in [1.165, 1.54) is 44.9 Å². The van der Waals surface area contributed by atoms with E-state index < -0.39 is 0 Å². The molecule has 130 valence electrons. The van der Waals surface area contributed by atoms with Gasteiger partial charge in [0.15, 0.2) is 0 Å². The van der Waals surface area contributed by atoms with Crippen LogP contribution in [0.25, 0.3) is 0 Å². The summed E-state index contributed by atoms with van der Waals surface area (Å²) in [7, 11) is 0. The summed E-state index contributed by atoms with van der Waals surface area (Å²) < 4.78 is 6.32. The van der Waals surface area contributed by atoms with Crippen molar-refractivity contribution < 1.29 is 9.94 Å². The van der Waals surface area contributed by atoms with E-state index in [0.717, 1.165) is 42.4 Å². The Hall–Kier alpha value is -1.09. The molecule has 0 aromatic rings. The van der Waals surface area contributed by atoms with Gasteiger partial charge in [-0.25, -0.2) is 0 Å². The smallest absolute Gasteiger partial charge is 0.0923 e. The molecule has 4 aliphatic carbocycles. The van der Waals surface area contributed by atoms with E-state index in [1.807, 2.05) is 0 Å². The SMILES string of the molecule is C[C@]12CCC3C(CCC4=C/C(=N/O)CC[C@@H]43)C1CC[C@@]21C=CCO1. The molecule has 0 saturated heterocycles. The summed E-state index contributed by atoms with van der Waals surface area (Å²) in [6.07, 6.45) is 16.8. The minimum absolute atomic E-state index is 0.0437. The summed E-state index contributed by atoms with van der Waals surface area (Å²) >= 11 is 0. The lowest BCUT2D eigenvalue weighted by atomic mass is 9.50. The van der Waals surface area contributed by atoms with Crippen molar-refractivity contribution in [1.82, 2.24) is 0 Å². The molecule has 6 atom stereocenters. The summed E-state index contributed by atoms with van der Waals surface area (Å²) in [4.78, 5) is 0. The van der Waals surface area contributed by atoms with E-state index in [9.17, 15) is 0 Å². The Balaban J connectivity index is 1.45. The van der Waals surface area contributed by atoms with Gasteiger partial charge in [0.25, 0.3) is 0 Å². The molecular formula is C21H29NO2. The van der Waals surface area contributed by atoms with Crippen LogP contribution in [0.2, 0.25) is 0 Å². The largest absolute Gasteiger partial charge is 0.411 e. The number of ether oxygens (including phenoxy) is 1. The van der Waals surface area contributed by atoms with E-state index in [2.05, 4.69) is 30.3 Å². The maximum Gasteiger partial charge on any atom is 0.0923 e. The van der Waals surface area contributed by atoms with Gasteiger partial charge in [-0.2, -0.15) is 0 Å². The minimum Gasteiger partial charge on any atom is -0.411 e. The predicted molar refractivity (Wildman–Crippen MR) is 94.1 cm³/mol. The molecule has 3 fully saturated rings. The Kier molecular flexibility index (Phi) is 3.29. The molecule has 0 aromatic carbocycles. The first-order chi connectivity index (χ1) is 11.7. The number of oxime groups is 1. The zero-order valence-electron chi connectivity index (χ0n) is 14.7. The van der Waals surface area contributed by atoms with Gasteiger partial charge >= 0.3 is 0 Å². The highest BCUT2D eigenvalue weighted by atomic mass is 16.5. The van der Waals surface area contributed by atoms with Gasteiger partial charge in [-0.1, -0.05) is 29.8 Å². The number of fused-ring (bicyclic) bond motifs is 6. The Labute approximate surface area is 144 Å². The highest BCUT2D eigenvalue weighted by Gasteiger charge is 2.63. The van der Waals surface area contributed by atoms with Crippen LogP contribution in [-0.2, 0) is 4.74 Å². The highest BCUT2D eigenvalue weighted by Crippen LogP contribution is 2.66. The zero-order chi connectivity index (χ0) is 16.4. The Morgan fingerprint density at radius 2 is 2.04 bits per heavy atom. The first-order valence-corrected chi connectivity index (χ1v) is 9.90. The molecule has 5 rings (SSSR count). The molecule has 1 heterocycles. The van der Waals surface area contributed by atoms with Gasteiger partial charge in [0.2, 0.25) is 0 Å². The van der Waals surface area contributed by atoms with Crippen LogP contribution in [0.1, 0.15) is 58.3 Å². The van der Waals surface area contributed by atoms with Crippen molar-refractivity contribution in [1.29, 1.82) is 0 Å². The normalized spacial score (nSPS) is 51.4. The average Bonchev–Trinajstić information content (AvgIpc) is 3.21. The molecule has 1 spiro atoms. The Bertz CT molecular complexity index is 636. The van der Waals surface area contributed by atoms with E-state index >= 15 is 0 Å². The first kappa shape index (κ1) is 15.2. The zero-order valence-corrected chi connectivity index (χ0v) is 14.7. The molecule has 1 aliphatic heterocycles. The van der Waals surface area contributed by atoms with Crippen molar-refractivity contribution in [2.45, 2.75) is 63.9 Å². The highest BCUT2D eigenvalue weighted by molar-refractivity contribution is 5.96. The van der Waals surface area contributed by atoms with E-state index in [1.54, 1.807) is 5.57 Å². The molecule has 5 aliphatic rings. The third-order valence-corrected chi connectivity index (χ3v) is 8.45. The number of rotatable bonds is 0. The van der Waals surface area contributed by atoms with Crippen molar-refractivity contribution in [3.8, 4) is 0 Å². The second kappa shape index (κ2) is 5.20. The molecule has 3 nitrogen and oxygen atoms in total. The van der Waals surface area contributed by atoms with E-state index in [-0.39, 0.29) is 5.60 Å². The fraction of sp³-hybridized carbons (Fsp3) is 0.762. The van der Waals surface area contributed by atoms with Crippen molar-refractivity contribution in [3.05, 3.63) is 23.8 Å². The Morgan fingerprint density at radius 1 is 1.12 bits per heavy atom. The first-order valence-electron chi connectivity index (χ1n) is 9.90. The van der Waals surface area contributed by atoms with Crippen molar-refractivity contribution >= 4 is 5.71 Å². The molecule has 3 unspecified atom stereocenters. The van der Waals surface area contributed by atoms with Crippen LogP contribution in [0.3, 0.4) is 0 Å². The van der Waals surface area contributed by atoms with Crippen LogP contribution in [-0.4, -0.2) is 23.1 Å². The second-order valence-electron chi connectivity index (χ2n) is 9.03. The fourth-order valence-electron chi connectivity index (χ4n) is 7.30. The molecule has 0 radical (unpaired) electrons. The summed E-state index contributed by atoms with van der Waals surface area (Å²) in [5.41, 5.74) is 2.85. The topological polar surface area (TPSA) is 41.8 Å². The van der Waals surface area contributed by atoms with Crippen LogP contribution >= 0.6 is 0 Å². The molecule has 3 saturated carbocycles. The second-order valence-corrected chi connectivity index (χ2v) is 9.03. The van der Waals surface area contributed by atoms with Crippen molar-refractivity contribution in [2.24, 2.45) is 34.2 Å². The number of hydrogen-bond donors (Lipinski definition) is 1. The van der Waals surface area contributed by atoms with Crippen LogP contribution < -0.4 is 0 Å². The van der Waals surface area contributed by atoms with Crippen molar-refractivity contribution in [2.75, 3.05) is 6.61 Å².